The van der Waals surface area contributed by atoms with Gasteiger partial charge in [0.1, 0.15) is 18.5 Å². The normalized spacial score (nSPS) is 11.3. The van der Waals surface area contributed by atoms with Crippen LogP contribution in [0.1, 0.15) is 28.3 Å². The summed E-state index contributed by atoms with van der Waals surface area (Å²) >= 11 is 0. The van der Waals surface area contributed by atoms with Crippen molar-refractivity contribution in [3.63, 3.8) is 0 Å². The van der Waals surface area contributed by atoms with E-state index >= 15 is 0 Å². The summed E-state index contributed by atoms with van der Waals surface area (Å²) in [5.41, 5.74) is 9.39. The molecule has 1 atom stereocenters. The first-order chi connectivity index (χ1) is 17.5. The molecule has 4 aromatic rings. The van der Waals surface area contributed by atoms with Crippen molar-refractivity contribution in [3.8, 4) is 11.5 Å². The molecule has 4 rings (SSSR count). The molecule has 0 aliphatic rings. The number of hydrogen-bond donors (Lipinski definition) is 5. The Morgan fingerprint density at radius 3 is 2.17 bits per heavy atom. The van der Waals surface area contributed by atoms with Crippen LogP contribution in [0.5, 0.6) is 11.5 Å². The van der Waals surface area contributed by atoms with Crippen LogP contribution in [0.2, 0.25) is 0 Å². The number of carbonyl (C=O) groups is 1. The van der Waals surface area contributed by atoms with Gasteiger partial charge in [0.15, 0.2) is 11.5 Å². The van der Waals surface area contributed by atoms with Crippen molar-refractivity contribution < 1.29 is 14.6 Å². The highest BCUT2D eigenvalue weighted by molar-refractivity contribution is 5.95. The first-order valence-corrected chi connectivity index (χ1v) is 11.5. The summed E-state index contributed by atoms with van der Waals surface area (Å²) in [6.45, 7) is 0.652. The molecule has 0 unspecified atom stereocenters. The molecular formula is C29H28N4O3. The number of hydrogen-bond acceptors (Lipinski definition) is 5. The Labute approximate surface area is 210 Å². The molecule has 0 saturated heterocycles. The number of carbonyl (C=O) groups excluding carboxylic acids is 1. The van der Waals surface area contributed by atoms with Crippen LogP contribution in [0.15, 0.2) is 103 Å². The second-order valence-corrected chi connectivity index (χ2v) is 8.27. The Hall–Kier alpha value is -4.78. The molecule has 36 heavy (non-hydrogen) atoms. The predicted molar refractivity (Wildman–Crippen MR) is 141 cm³/mol. The fraction of sp³-hybridized carbons (Fsp3) is 0.103. The zero-order valence-corrected chi connectivity index (χ0v) is 19.6. The number of benzene rings is 4. The molecule has 0 spiro atoms. The van der Waals surface area contributed by atoms with E-state index in [2.05, 4.69) is 10.6 Å². The molecule has 0 fully saturated rings. The van der Waals surface area contributed by atoms with Gasteiger partial charge in [0, 0.05) is 17.8 Å². The summed E-state index contributed by atoms with van der Waals surface area (Å²) in [7, 11) is 0. The molecule has 0 aromatic heterocycles. The van der Waals surface area contributed by atoms with Gasteiger partial charge >= 0.3 is 0 Å². The van der Waals surface area contributed by atoms with Gasteiger partial charge in [0.05, 0.1) is 0 Å². The number of phenolic OH excluding ortho intramolecular Hbond substituents is 1. The van der Waals surface area contributed by atoms with Crippen LogP contribution in [0.25, 0.3) is 0 Å². The van der Waals surface area contributed by atoms with Crippen molar-refractivity contribution in [1.82, 2.24) is 5.32 Å². The molecule has 0 aliphatic carbocycles. The van der Waals surface area contributed by atoms with E-state index in [-0.39, 0.29) is 29.8 Å². The molecule has 7 nitrogen and oxygen atoms in total. The van der Waals surface area contributed by atoms with Gasteiger partial charge in [-0.05, 0) is 53.1 Å². The van der Waals surface area contributed by atoms with Crippen molar-refractivity contribution in [1.29, 1.82) is 5.41 Å². The maximum atomic E-state index is 13.3. The highest BCUT2D eigenvalue weighted by atomic mass is 16.5. The van der Waals surface area contributed by atoms with Crippen molar-refractivity contribution >= 4 is 17.4 Å². The van der Waals surface area contributed by atoms with Crippen LogP contribution < -0.4 is 21.1 Å². The van der Waals surface area contributed by atoms with E-state index in [4.69, 9.17) is 15.9 Å². The van der Waals surface area contributed by atoms with Crippen LogP contribution in [0, 0.1) is 5.41 Å². The van der Waals surface area contributed by atoms with Crippen molar-refractivity contribution in [2.24, 2.45) is 5.73 Å². The Kier molecular flexibility index (Phi) is 7.83. The van der Waals surface area contributed by atoms with Crippen molar-refractivity contribution in [2.75, 3.05) is 5.32 Å². The van der Waals surface area contributed by atoms with Gasteiger partial charge in [-0.25, -0.2) is 0 Å². The molecule has 0 radical (unpaired) electrons. The molecule has 0 bridgehead atoms. The number of amidine groups is 1. The second kappa shape index (κ2) is 11.6. The summed E-state index contributed by atoms with van der Waals surface area (Å²) in [6.07, 6.45) is 0. The van der Waals surface area contributed by atoms with E-state index in [1.807, 2.05) is 60.7 Å². The Morgan fingerprint density at radius 2 is 1.53 bits per heavy atom. The van der Waals surface area contributed by atoms with E-state index in [0.29, 0.717) is 23.4 Å². The molecule has 4 aromatic carbocycles. The number of ether oxygens (including phenoxy) is 1. The highest BCUT2D eigenvalue weighted by Crippen LogP contribution is 2.31. The Morgan fingerprint density at radius 1 is 0.889 bits per heavy atom. The number of amides is 1. The molecule has 0 aliphatic heterocycles. The molecule has 0 saturated carbocycles. The highest BCUT2D eigenvalue weighted by Gasteiger charge is 2.22. The van der Waals surface area contributed by atoms with E-state index in [1.54, 1.807) is 36.4 Å². The topological polar surface area (TPSA) is 120 Å². The van der Waals surface area contributed by atoms with Gasteiger partial charge in [-0.15, -0.1) is 0 Å². The number of phenols is 1. The standard InChI is InChI=1S/C29H28N4O3/c30-28(31)22-11-14-24(15-12-22)33-27(29(35)32-18-20-7-3-1-4-8-20)23-13-16-25(34)26(17-23)36-19-21-9-5-2-6-10-21/h1-17,27,33-34H,18-19H2,(H3,30,31)(H,32,35)/t27-/m0/s1. The maximum Gasteiger partial charge on any atom is 0.247 e. The van der Waals surface area contributed by atoms with Crippen LogP contribution in [0.4, 0.5) is 5.69 Å². The molecule has 6 N–H and O–H groups in total. The van der Waals surface area contributed by atoms with Gasteiger partial charge in [-0.1, -0.05) is 66.7 Å². The van der Waals surface area contributed by atoms with Crippen LogP contribution in [-0.2, 0) is 17.9 Å². The van der Waals surface area contributed by atoms with Gasteiger partial charge < -0.3 is 26.2 Å². The Balaban J connectivity index is 1.57. The number of rotatable bonds is 10. The molecular weight excluding hydrogens is 452 g/mol. The van der Waals surface area contributed by atoms with Gasteiger partial charge in [-0.3, -0.25) is 10.2 Å². The lowest BCUT2D eigenvalue weighted by atomic mass is 10.0. The number of aromatic hydroxyl groups is 1. The summed E-state index contributed by atoms with van der Waals surface area (Å²) < 4.78 is 5.87. The van der Waals surface area contributed by atoms with Crippen LogP contribution in [0.3, 0.4) is 0 Å². The van der Waals surface area contributed by atoms with E-state index < -0.39 is 6.04 Å². The average molecular weight is 481 g/mol. The molecule has 0 heterocycles. The largest absolute Gasteiger partial charge is 0.504 e. The zero-order valence-electron chi connectivity index (χ0n) is 19.6. The van der Waals surface area contributed by atoms with E-state index in [1.165, 1.54) is 6.07 Å². The van der Waals surface area contributed by atoms with Gasteiger partial charge in [0.25, 0.3) is 0 Å². The molecule has 7 heteroatoms. The number of nitrogen functional groups attached to an aromatic ring is 1. The van der Waals surface area contributed by atoms with E-state index in [0.717, 1.165) is 11.1 Å². The number of nitrogens with two attached hydrogens (primary N) is 1. The predicted octanol–water partition coefficient (Wildman–Crippen LogP) is 4.72. The van der Waals surface area contributed by atoms with Crippen molar-refractivity contribution in [3.05, 3.63) is 125 Å². The third kappa shape index (κ3) is 6.42. The number of nitrogens with one attached hydrogen (secondary N) is 3. The summed E-state index contributed by atoms with van der Waals surface area (Å²) in [6, 6.07) is 30.4. The minimum Gasteiger partial charge on any atom is -0.504 e. The quantitative estimate of drug-likeness (QED) is 0.166. The third-order valence-electron chi connectivity index (χ3n) is 5.63. The van der Waals surface area contributed by atoms with Crippen LogP contribution >= 0.6 is 0 Å². The fourth-order valence-electron chi connectivity index (χ4n) is 3.66. The number of anilines is 1. The molecule has 182 valence electrons. The summed E-state index contributed by atoms with van der Waals surface area (Å²) in [4.78, 5) is 13.3. The monoisotopic (exact) mass is 480 g/mol. The minimum absolute atomic E-state index is 0.0102. The van der Waals surface area contributed by atoms with Crippen LogP contribution in [-0.4, -0.2) is 16.8 Å². The first-order valence-electron chi connectivity index (χ1n) is 11.5. The smallest absolute Gasteiger partial charge is 0.247 e. The van der Waals surface area contributed by atoms with Gasteiger partial charge in [-0.2, -0.15) is 0 Å². The summed E-state index contributed by atoms with van der Waals surface area (Å²) in [5.74, 6) is 0.00141. The summed E-state index contributed by atoms with van der Waals surface area (Å²) in [5, 5.41) is 24.2. The Bertz CT molecular complexity index is 1310. The first kappa shape index (κ1) is 24.3. The third-order valence-corrected chi connectivity index (χ3v) is 5.63. The lowest BCUT2D eigenvalue weighted by Gasteiger charge is -2.21. The second-order valence-electron chi connectivity index (χ2n) is 8.27. The molecule has 1 amide bonds. The SMILES string of the molecule is N=C(N)c1ccc(N[C@H](C(=O)NCc2ccccc2)c2ccc(O)c(OCc3ccccc3)c2)cc1. The lowest BCUT2D eigenvalue weighted by molar-refractivity contribution is -0.122. The zero-order chi connectivity index (χ0) is 25.3. The van der Waals surface area contributed by atoms with E-state index in [9.17, 15) is 9.90 Å². The average Bonchev–Trinajstić information content (AvgIpc) is 2.91. The minimum atomic E-state index is -0.767. The van der Waals surface area contributed by atoms with Crippen molar-refractivity contribution in [2.45, 2.75) is 19.2 Å². The maximum absolute atomic E-state index is 13.3. The lowest BCUT2D eigenvalue weighted by Crippen LogP contribution is -2.33. The van der Waals surface area contributed by atoms with Gasteiger partial charge in [0.2, 0.25) is 5.91 Å². The fourth-order valence-corrected chi connectivity index (χ4v) is 3.66.